The third-order valence-electron chi connectivity index (χ3n) is 3.31. The molecule has 108 valence electrons. The van der Waals surface area contributed by atoms with Crippen LogP contribution in [0.3, 0.4) is 0 Å². The van der Waals surface area contributed by atoms with Crippen molar-refractivity contribution < 1.29 is 4.39 Å². The molecule has 22 heavy (non-hydrogen) atoms. The first-order valence-electron chi connectivity index (χ1n) is 6.72. The van der Waals surface area contributed by atoms with Gasteiger partial charge in [-0.15, -0.1) is 0 Å². The molecule has 4 aromatic heterocycles. The van der Waals surface area contributed by atoms with Crippen LogP contribution >= 0.6 is 0 Å². The molecule has 0 amide bonds. The molecule has 0 aliphatic carbocycles. The molecule has 0 spiro atoms. The first-order chi connectivity index (χ1) is 10.8. The standard InChI is InChI=1S/C15H11FN6/c16-13-3-1-2-11(19-13)15-18-6-7-22(15)9-14-20-10-4-5-17-8-12(10)21-14/h1-8H,9H2,(H,20,21). The second-order valence-corrected chi connectivity index (χ2v) is 4.80. The van der Waals surface area contributed by atoms with E-state index >= 15 is 0 Å². The average molecular weight is 294 g/mol. The van der Waals surface area contributed by atoms with Crippen molar-refractivity contribution in [3.8, 4) is 11.5 Å². The summed E-state index contributed by atoms with van der Waals surface area (Å²) in [6, 6.07) is 6.50. The SMILES string of the molecule is Fc1cccc(-c2nccn2Cc2nc3ccncc3[nH]2)n1. The smallest absolute Gasteiger partial charge is 0.213 e. The van der Waals surface area contributed by atoms with Gasteiger partial charge in [-0.1, -0.05) is 6.07 Å². The van der Waals surface area contributed by atoms with E-state index in [-0.39, 0.29) is 0 Å². The molecule has 0 aromatic carbocycles. The first kappa shape index (κ1) is 12.6. The van der Waals surface area contributed by atoms with Crippen LogP contribution in [0.2, 0.25) is 0 Å². The molecule has 0 saturated carbocycles. The van der Waals surface area contributed by atoms with Gasteiger partial charge in [-0.3, -0.25) is 4.98 Å². The minimum Gasteiger partial charge on any atom is -0.339 e. The number of hydrogen-bond acceptors (Lipinski definition) is 4. The number of halogens is 1. The lowest BCUT2D eigenvalue weighted by atomic mass is 10.3. The Balaban J connectivity index is 1.70. The fraction of sp³-hybridized carbons (Fsp3) is 0.0667. The third-order valence-corrected chi connectivity index (χ3v) is 3.31. The summed E-state index contributed by atoms with van der Waals surface area (Å²) in [7, 11) is 0. The molecule has 0 aliphatic heterocycles. The van der Waals surface area contributed by atoms with Crippen molar-refractivity contribution in [3.05, 3.63) is 60.8 Å². The Hall–Kier alpha value is -3.09. The minimum atomic E-state index is -0.526. The second kappa shape index (κ2) is 5.03. The van der Waals surface area contributed by atoms with Crippen LogP contribution in [0.15, 0.2) is 49.1 Å². The summed E-state index contributed by atoms with van der Waals surface area (Å²) in [6.45, 7) is 0.488. The van der Waals surface area contributed by atoms with E-state index < -0.39 is 5.95 Å². The maximum absolute atomic E-state index is 13.3. The molecular weight excluding hydrogens is 283 g/mol. The molecule has 0 atom stereocenters. The largest absolute Gasteiger partial charge is 0.339 e. The van der Waals surface area contributed by atoms with Gasteiger partial charge < -0.3 is 9.55 Å². The van der Waals surface area contributed by atoms with Gasteiger partial charge in [0.15, 0.2) is 5.82 Å². The van der Waals surface area contributed by atoms with Gasteiger partial charge in [-0.25, -0.2) is 15.0 Å². The van der Waals surface area contributed by atoms with Gasteiger partial charge in [-0.05, 0) is 18.2 Å². The number of aromatic amines is 1. The van der Waals surface area contributed by atoms with Crippen molar-refractivity contribution in [2.45, 2.75) is 6.54 Å². The van der Waals surface area contributed by atoms with Crippen molar-refractivity contribution in [2.75, 3.05) is 0 Å². The molecule has 4 rings (SSSR count). The van der Waals surface area contributed by atoms with Crippen LogP contribution in [0, 0.1) is 5.95 Å². The number of fused-ring (bicyclic) bond motifs is 1. The summed E-state index contributed by atoms with van der Waals surface area (Å²) in [6.07, 6.45) is 6.90. The van der Waals surface area contributed by atoms with Crippen molar-refractivity contribution in [3.63, 3.8) is 0 Å². The highest BCUT2D eigenvalue weighted by atomic mass is 19.1. The maximum atomic E-state index is 13.3. The number of hydrogen-bond donors (Lipinski definition) is 1. The summed E-state index contributed by atoms with van der Waals surface area (Å²) >= 11 is 0. The van der Waals surface area contributed by atoms with Gasteiger partial charge in [0.05, 0.1) is 23.8 Å². The Morgan fingerprint density at radius 1 is 1.14 bits per heavy atom. The van der Waals surface area contributed by atoms with E-state index in [2.05, 4.69) is 24.9 Å². The fourth-order valence-corrected chi connectivity index (χ4v) is 2.35. The highest BCUT2D eigenvalue weighted by Crippen LogP contribution is 2.17. The molecule has 7 heteroatoms. The van der Waals surface area contributed by atoms with Gasteiger partial charge in [0, 0.05) is 18.6 Å². The van der Waals surface area contributed by atoms with Crippen molar-refractivity contribution in [1.82, 2.24) is 29.5 Å². The molecule has 0 bridgehead atoms. The van der Waals surface area contributed by atoms with Crippen LogP contribution in [0.5, 0.6) is 0 Å². The van der Waals surface area contributed by atoms with Gasteiger partial charge >= 0.3 is 0 Å². The predicted octanol–water partition coefficient (Wildman–Crippen LogP) is 2.40. The predicted molar refractivity (Wildman–Crippen MR) is 78.4 cm³/mol. The number of H-pyrrole nitrogens is 1. The zero-order valence-electron chi connectivity index (χ0n) is 11.4. The molecular formula is C15H11FN6. The summed E-state index contributed by atoms with van der Waals surface area (Å²) in [5, 5.41) is 0. The van der Waals surface area contributed by atoms with Crippen LogP contribution in [0.4, 0.5) is 4.39 Å². The highest BCUT2D eigenvalue weighted by molar-refractivity contribution is 5.73. The quantitative estimate of drug-likeness (QED) is 0.589. The molecule has 1 N–H and O–H groups in total. The van der Waals surface area contributed by atoms with Gasteiger partial charge in [0.25, 0.3) is 0 Å². The lowest BCUT2D eigenvalue weighted by Gasteiger charge is -2.05. The molecule has 0 unspecified atom stereocenters. The number of pyridine rings is 2. The Morgan fingerprint density at radius 2 is 2.09 bits per heavy atom. The Bertz CT molecular complexity index is 909. The van der Waals surface area contributed by atoms with Crippen LogP contribution < -0.4 is 0 Å². The van der Waals surface area contributed by atoms with Crippen LogP contribution in [0.1, 0.15) is 5.82 Å². The number of imidazole rings is 2. The number of nitrogens with zero attached hydrogens (tertiary/aromatic N) is 5. The van der Waals surface area contributed by atoms with Crippen molar-refractivity contribution >= 4 is 11.0 Å². The summed E-state index contributed by atoms with van der Waals surface area (Å²) < 4.78 is 15.2. The van der Waals surface area contributed by atoms with E-state index in [0.717, 1.165) is 16.9 Å². The summed E-state index contributed by atoms with van der Waals surface area (Å²) in [4.78, 5) is 19.9. The number of rotatable bonds is 3. The Kier molecular flexibility index (Phi) is 2.89. The lowest BCUT2D eigenvalue weighted by Crippen LogP contribution is -2.04. The molecule has 0 aliphatic rings. The van der Waals surface area contributed by atoms with Crippen molar-refractivity contribution in [1.29, 1.82) is 0 Å². The third kappa shape index (κ3) is 2.22. The van der Waals surface area contributed by atoms with E-state index in [9.17, 15) is 4.39 Å². The maximum Gasteiger partial charge on any atom is 0.213 e. The minimum absolute atomic E-state index is 0.488. The molecule has 0 radical (unpaired) electrons. The molecule has 4 heterocycles. The number of aromatic nitrogens is 6. The molecule has 0 saturated heterocycles. The Morgan fingerprint density at radius 3 is 2.95 bits per heavy atom. The summed E-state index contributed by atoms with van der Waals surface area (Å²) in [5.74, 6) is 0.846. The highest BCUT2D eigenvalue weighted by Gasteiger charge is 2.10. The normalized spacial score (nSPS) is 11.1. The van der Waals surface area contributed by atoms with E-state index in [1.807, 2.05) is 16.8 Å². The fourth-order valence-electron chi connectivity index (χ4n) is 2.35. The van der Waals surface area contributed by atoms with Gasteiger partial charge in [0.1, 0.15) is 11.5 Å². The first-order valence-corrected chi connectivity index (χ1v) is 6.72. The van der Waals surface area contributed by atoms with Gasteiger partial charge in [0.2, 0.25) is 5.95 Å². The average Bonchev–Trinajstić information content (AvgIpc) is 3.13. The molecule has 0 fully saturated rings. The topological polar surface area (TPSA) is 72.3 Å². The van der Waals surface area contributed by atoms with E-state index in [1.54, 1.807) is 30.7 Å². The lowest BCUT2D eigenvalue weighted by molar-refractivity contribution is 0.584. The van der Waals surface area contributed by atoms with Crippen LogP contribution in [-0.2, 0) is 6.54 Å². The van der Waals surface area contributed by atoms with E-state index in [4.69, 9.17) is 0 Å². The molecule has 6 nitrogen and oxygen atoms in total. The zero-order valence-corrected chi connectivity index (χ0v) is 11.4. The monoisotopic (exact) mass is 294 g/mol. The number of nitrogens with one attached hydrogen (secondary N) is 1. The van der Waals surface area contributed by atoms with Crippen LogP contribution in [0.25, 0.3) is 22.6 Å². The Labute approximate surface area is 124 Å². The van der Waals surface area contributed by atoms with Crippen molar-refractivity contribution in [2.24, 2.45) is 0 Å². The second-order valence-electron chi connectivity index (χ2n) is 4.80. The molecule has 4 aromatic rings. The van der Waals surface area contributed by atoms with Gasteiger partial charge in [-0.2, -0.15) is 4.39 Å². The summed E-state index contributed by atoms with van der Waals surface area (Å²) in [5.41, 5.74) is 2.22. The zero-order chi connectivity index (χ0) is 14.9. The van der Waals surface area contributed by atoms with E-state index in [1.165, 1.54) is 6.07 Å². The van der Waals surface area contributed by atoms with E-state index in [0.29, 0.717) is 18.1 Å². The van der Waals surface area contributed by atoms with Crippen LogP contribution in [-0.4, -0.2) is 29.5 Å².